The lowest BCUT2D eigenvalue weighted by Crippen LogP contribution is -2.34. The Hall–Kier alpha value is -2.80. The zero-order valence-corrected chi connectivity index (χ0v) is 20.1. The number of benzene rings is 2. The second kappa shape index (κ2) is 11.4. The van der Waals surface area contributed by atoms with Crippen molar-refractivity contribution in [2.75, 3.05) is 27.7 Å². The minimum absolute atomic E-state index is 0. The summed E-state index contributed by atoms with van der Waals surface area (Å²) in [5, 5.41) is 0. The molecule has 1 aromatic heterocycles. The van der Waals surface area contributed by atoms with Crippen molar-refractivity contribution in [2.45, 2.75) is 32.2 Å². The van der Waals surface area contributed by atoms with Crippen LogP contribution in [0, 0.1) is 0 Å². The van der Waals surface area contributed by atoms with Gasteiger partial charge in [-0.15, -0.1) is 12.4 Å². The summed E-state index contributed by atoms with van der Waals surface area (Å²) in [5.41, 5.74) is 3.14. The molecular formula is C26H31ClN2O4. The van der Waals surface area contributed by atoms with E-state index in [0.717, 1.165) is 54.0 Å². The molecule has 33 heavy (non-hydrogen) atoms. The van der Waals surface area contributed by atoms with Crippen molar-refractivity contribution in [2.24, 2.45) is 0 Å². The Morgan fingerprint density at radius 3 is 2.61 bits per heavy atom. The molecule has 0 saturated carbocycles. The third-order valence-electron chi connectivity index (χ3n) is 5.71. The van der Waals surface area contributed by atoms with Crippen LogP contribution < -0.4 is 9.47 Å². The van der Waals surface area contributed by atoms with E-state index < -0.39 is 0 Å². The van der Waals surface area contributed by atoms with Gasteiger partial charge in [0, 0.05) is 25.1 Å². The first-order chi connectivity index (χ1) is 15.6. The molecule has 2 heterocycles. The summed E-state index contributed by atoms with van der Waals surface area (Å²) in [7, 11) is 5.67. The molecule has 0 aliphatic carbocycles. The molecule has 0 bridgehead atoms. The van der Waals surface area contributed by atoms with Gasteiger partial charge < -0.3 is 23.6 Å². The van der Waals surface area contributed by atoms with Gasteiger partial charge in [-0.3, -0.25) is 4.90 Å². The van der Waals surface area contributed by atoms with Crippen molar-refractivity contribution < 1.29 is 18.7 Å². The summed E-state index contributed by atoms with van der Waals surface area (Å²) in [6, 6.07) is 17.5. The van der Waals surface area contributed by atoms with E-state index in [0.29, 0.717) is 24.7 Å². The minimum Gasteiger partial charge on any atom is -0.493 e. The summed E-state index contributed by atoms with van der Waals surface area (Å²) in [6.45, 7) is 2.67. The number of methoxy groups -OCH3 is 1. The molecule has 0 saturated heterocycles. The summed E-state index contributed by atoms with van der Waals surface area (Å²) in [6.07, 6.45) is 1.80. The molecule has 1 aliphatic heterocycles. The molecule has 7 heteroatoms. The van der Waals surface area contributed by atoms with Crippen LogP contribution in [0.5, 0.6) is 11.5 Å². The zero-order chi connectivity index (χ0) is 22.5. The summed E-state index contributed by atoms with van der Waals surface area (Å²) >= 11 is 0. The SMILES string of the molecule is COc1cc(C(C=O)N2CCc3oc(CN(C)C)cc3C2)ccc1OCc1ccccc1.Cl. The topological polar surface area (TPSA) is 55.2 Å². The van der Waals surface area contributed by atoms with Gasteiger partial charge in [0.05, 0.1) is 19.7 Å². The average molecular weight is 471 g/mol. The van der Waals surface area contributed by atoms with Crippen molar-refractivity contribution >= 4 is 18.7 Å². The molecule has 1 aliphatic rings. The van der Waals surface area contributed by atoms with Crippen molar-refractivity contribution in [1.29, 1.82) is 0 Å². The Morgan fingerprint density at radius 2 is 1.91 bits per heavy atom. The average Bonchev–Trinajstić information content (AvgIpc) is 3.20. The van der Waals surface area contributed by atoms with E-state index >= 15 is 0 Å². The van der Waals surface area contributed by atoms with Crippen LogP contribution in [0.2, 0.25) is 0 Å². The highest BCUT2D eigenvalue weighted by atomic mass is 35.5. The Kier molecular flexibility index (Phi) is 8.55. The number of hydrogen-bond donors (Lipinski definition) is 0. The van der Waals surface area contributed by atoms with E-state index in [1.165, 1.54) is 0 Å². The fourth-order valence-corrected chi connectivity index (χ4v) is 4.14. The number of carbonyl (C=O) groups excluding carboxylic acids is 1. The van der Waals surface area contributed by atoms with Crippen LogP contribution >= 0.6 is 12.4 Å². The van der Waals surface area contributed by atoms with Crippen molar-refractivity contribution in [1.82, 2.24) is 9.80 Å². The summed E-state index contributed by atoms with van der Waals surface area (Å²) in [4.78, 5) is 16.4. The number of ether oxygens (including phenoxy) is 2. The first-order valence-corrected chi connectivity index (χ1v) is 10.9. The van der Waals surface area contributed by atoms with Crippen LogP contribution in [0.3, 0.4) is 0 Å². The smallest absolute Gasteiger partial charge is 0.161 e. The molecule has 1 unspecified atom stereocenters. The van der Waals surface area contributed by atoms with Crippen molar-refractivity contribution in [3.05, 3.63) is 82.8 Å². The van der Waals surface area contributed by atoms with Gasteiger partial charge in [0.1, 0.15) is 24.4 Å². The standard InChI is InChI=1S/C26H30N2O4.ClH/c1-27(2)16-22-13-21-15-28(12-11-24(21)32-22)23(17-29)20-9-10-25(26(14-20)30-3)31-18-19-7-5-4-6-8-19;/h4-10,13-14,17,23H,11-12,15-16,18H2,1-3H3;1H. The molecule has 0 N–H and O–H groups in total. The maximum atomic E-state index is 12.1. The molecule has 1 atom stereocenters. The van der Waals surface area contributed by atoms with Gasteiger partial charge in [0.2, 0.25) is 0 Å². The van der Waals surface area contributed by atoms with E-state index in [9.17, 15) is 4.79 Å². The highest BCUT2D eigenvalue weighted by Gasteiger charge is 2.27. The molecule has 0 amide bonds. The van der Waals surface area contributed by atoms with Gasteiger partial charge >= 0.3 is 0 Å². The predicted molar refractivity (Wildman–Crippen MR) is 130 cm³/mol. The highest BCUT2D eigenvalue weighted by molar-refractivity contribution is 5.85. The lowest BCUT2D eigenvalue weighted by atomic mass is 10.0. The number of halogens is 1. The van der Waals surface area contributed by atoms with E-state index in [2.05, 4.69) is 15.9 Å². The van der Waals surface area contributed by atoms with Crippen molar-refractivity contribution in [3.63, 3.8) is 0 Å². The quantitative estimate of drug-likeness (QED) is 0.424. The van der Waals surface area contributed by atoms with Gasteiger partial charge in [0.15, 0.2) is 11.5 Å². The van der Waals surface area contributed by atoms with Crippen LogP contribution in [-0.4, -0.2) is 43.8 Å². The second-order valence-electron chi connectivity index (χ2n) is 8.38. The molecule has 3 aromatic rings. The minimum atomic E-state index is -0.354. The van der Waals surface area contributed by atoms with E-state index in [4.69, 9.17) is 13.9 Å². The fraction of sp³-hybridized carbons (Fsp3) is 0.346. The van der Waals surface area contributed by atoms with Crippen LogP contribution in [-0.2, 0) is 30.9 Å². The van der Waals surface area contributed by atoms with Crippen LogP contribution in [0.1, 0.15) is 34.3 Å². The molecule has 0 spiro atoms. The molecule has 0 radical (unpaired) electrons. The van der Waals surface area contributed by atoms with Gasteiger partial charge in [0.25, 0.3) is 0 Å². The van der Waals surface area contributed by atoms with E-state index in [1.54, 1.807) is 7.11 Å². The molecule has 4 rings (SSSR count). The zero-order valence-electron chi connectivity index (χ0n) is 19.3. The number of carbonyl (C=O) groups is 1. The largest absolute Gasteiger partial charge is 0.493 e. The van der Waals surface area contributed by atoms with Crippen LogP contribution in [0.4, 0.5) is 0 Å². The highest BCUT2D eigenvalue weighted by Crippen LogP contribution is 2.34. The summed E-state index contributed by atoms with van der Waals surface area (Å²) < 4.78 is 17.5. The van der Waals surface area contributed by atoms with Crippen LogP contribution in [0.15, 0.2) is 59.0 Å². The van der Waals surface area contributed by atoms with E-state index in [-0.39, 0.29) is 18.4 Å². The Morgan fingerprint density at radius 1 is 1.12 bits per heavy atom. The monoisotopic (exact) mass is 470 g/mol. The number of aldehydes is 1. The number of fused-ring (bicyclic) bond motifs is 1. The van der Waals surface area contributed by atoms with Gasteiger partial charge in [-0.2, -0.15) is 0 Å². The van der Waals surface area contributed by atoms with Gasteiger partial charge in [-0.1, -0.05) is 36.4 Å². The number of hydrogen-bond acceptors (Lipinski definition) is 6. The Bertz CT molecular complexity index is 1050. The maximum Gasteiger partial charge on any atom is 0.161 e. The molecular weight excluding hydrogens is 440 g/mol. The lowest BCUT2D eigenvalue weighted by Gasteiger charge is -2.31. The van der Waals surface area contributed by atoms with E-state index in [1.807, 2.05) is 62.6 Å². The molecule has 176 valence electrons. The number of furan rings is 1. The molecule has 6 nitrogen and oxygen atoms in total. The summed E-state index contributed by atoms with van der Waals surface area (Å²) in [5.74, 6) is 3.28. The van der Waals surface area contributed by atoms with Crippen LogP contribution in [0.25, 0.3) is 0 Å². The molecule has 2 aromatic carbocycles. The number of rotatable bonds is 9. The maximum absolute atomic E-state index is 12.1. The lowest BCUT2D eigenvalue weighted by molar-refractivity contribution is -0.113. The third kappa shape index (κ3) is 5.96. The molecule has 0 fully saturated rings. The Balaban J connectivity index is 0.00000306. The Labute approximate surface area is 201 Å². The second-order valence-corrected chi connectivity index (χ2v) is 8.38. The van der Waals surface area contributed by atoms with Gasteiger partial charge in [-0.25, -0.2) is 0 Å². The van der Waals surface area contributed by atoms with Crippen molar-refractivity contribution in [3.8, 4) is 11.5 Å². The predicted octanol–water partition coefficient (Wildman–Crippen LogP) is 4.65. The third-order valence-corrected chi connectivity index (χ3v) is 5.71. The fourth-order valence-electron chi connectivity index (χ4n) is 4.14. The first-order valence-electron chi connectivity index (χ1n) is 10.9. The van der Waals surface area contributed by atoms with Gasteiger partial charge in [-0.05, 0) is 43.4 Å². The number of nitrogens with zero attached hydrogens (tertiary/aromatic N) is 2. The first kappa shape index (κ1) is 24.8. The normalized spacial score (nSPS) is 14.3.